The molecular weight excluding hydrogens is 286 g/mol. The van der Waals surface area contributed by atoms with Crippen LogP contribution in [0.2, 0.25) is 0 Å². The fourth-order valence-electron chi connectivity index (χ4n) is 2.70. The first-order valence-electron chi connectivity index (χ1n) is 7.21. The van der Waals surface area contributed by atoms with E-state index in [0.717, 1.165) is 5.56 Å². The largest absolute Gasteiger partial charge is 0.508 e. The third-order valence-electron chi connectivity index (χ3n) is 3.78. The van der Waals surface area contributed by atoms with Crippen LogP contribution in [0.25, 0.3) is 0 Å². The highest BCUT2D eigenvalue weighted by Gasteiger charge is 2.38. The van der Waals surface area contributed by atoms with Crippen molar-refractivity contribution in [2.24, 2.45) is 5.92 Å². The molecule has 2 rings (SSSR count). The molecule has 3 amide bonds. The maximum atomic E-state index is 12.5. The molecule has 1 atom stereocenters. The number of aromatic hydroxyl groups is 1. The highest BCUT2D eigenvalue weighted by atomic mass is 16.5. The fourth-order valence-corrected chi connectivity index (χ4v) is 2.70. The maximum Gasteiger partial charge on any atom is 0.321 e. The van der Waals surface area contributed by atoms with Crippen LogP contribution < -0.4 is 5.48 Å². The van der Waals surface area contributed by atoms with Gasteiger partial charge in [-0.15, -0.1) is 0 Å². The number of phenolic OH excluding ortho intramolecular Hbond substituents is 1. The number of nitrogens with one attached hydrogen (secondary N) is 1. The fraction of sp³-hybridized carbons (Fsp3) is 0.467. The molecule has 0 saturated carbocycles. The van der Waals surface area contributed by atoms with Gasteiger partial charge in [-0.2, -0.15) is 0 Å². The molecule has 1 aromatic rings. The maximum absolute atomic E-state index is 12.5. The van der Waals surface area contributed by atoms with E-state index in [9.17, 15) is 14.7 Å². The summed E-state index contributed by atoms with van der Waals surface area (Å²) in [6, 6.07) is 5.74. The van der Waals surface area contributed by atoms with Gasteiger partial charge in [0, 0.05) is 19.6 Å². The molecule has 22 heavy (non-hydrogen) atoms. The average molecular weight is 307 g/mol. The van der Waals surface area contributed by atoms with Gasteiger partial charge in [-0.3, -0.25) is 10.0 Å². The molecule has 1 heterocycles. The lowest BCUT2D eigenvalue weighted by Gasteiger charge is -2.29. The predicted molar refractivity (Wildman–Crippen MR) is 79.2 cm³/mol. The van der Waals surface area contributed by atoms with Crippen molar-refractivity contribution in [1.29, 1.82) is 0 Å². The van der Waals surface area contributed by atoms with Crippen molar-refractivity contribution in [3.63, 3.8) is 0 Å². The molecule has 0 bridgehead atoms. The van der Waals surface area contributed by atoms with Crippen LogP contribution in [-0.4, -0.2) is 51.2 Å². The Hall–Kier alpha value is -2.28. The summed E-state index contributed by atoms with van der Waals surface area (Å²) in [6.45, 7) is 5.03. The second-order valence-corrected chi connectivity index (χ2v) is 5.73. The first kappa shape index (κ1) is 16.1. The first-order chi connectivity index (χ1) is 10.4. The summed E-state index contributed by atoms with van der Waals surface area (Å²) in [6.07, 6.45) is 0. The second kappa shape index (κ2) is 6.65. The predicted octanol–water partition coefficient (Wildman–Crippen LogP) is 1.16. The van der Waals surface area contributed by atoms with Crippen molar-refractivity contribution in [1.82, 2.24) is 15.3 Å². The van der Waals surface area contributed by atoms with Crippen molar-refractivity contribution < 1.29 is 19.9 Å². The van der Waals surface area contributed by atoms with E-state index in [-0.39, 0.29) is 17.7 Å². The number of hydroxylamine groups is 1. The standard InChI is InChI=1S/C15H21N3O4/c1-10(2)13(14(20)16-22)18-8-7-17(15(18)21)9-11-3-5-12(19)6-4-11/h3-6,10,13,19,22H,7-9H2,1-2H3,(H,16,20). The van der Waals surface area contributed by atoms with Crippen molar-refractivity contribution in [3.8, 4) is 5.75 Å². The third kappa shape index (κ3) is 3.30. The third-order valence-corrected chi connectivity index (χ3v) is 3.78. The summed E-state index contributed by atoms with van der Waals surface area (Å²) in [5.74, 6) is -0.503. The minimum atomic E-state index is -0.692. The summed E-state index contributed by atoms with van der Waals surface area (Å²) in [5, 5.41) is 18.1. The molecule has 1 aromatic carbocycles. The second-order valence-electron chi connectivity index (χ2n) is 5.73. The lowest BCUT2D eigenvalue weighted by atomic mass is 10.0. The van der Waals surface area contributed by atoms with Crippen molar-refractivity contribution in [2.75, 3.05) is 13.1 Å². The van der Waals surface area contributed by atoms with E-state index in [4.69, 9.17) is 5.21 Å². The summed E-state index contributed by atoms with van der Waals surface area (Å²) < 4.78 is 0. The molecule has 0 spiro atoms. The summed E-state index contributed by atoms with van der Waals surface area (Å²) >= 11 is 0. The summed E-state index contributed by atoms with van der Waals surface area (Å²) in [7, 11) is 0. The van der Waals surface area contributed by atoms with E-state index in [2.05, 4.69) is 0 Å². The molecule has 3 N–H and O–H groups in total. The topological polar surface area (TPSA) is 93.1 Å². The number of amides is 3. The van der Waals surface area contributed by atoms with Crippen LogP contribution in [0, 0.1) is 5.92 Å². The lowest BCUT2D eigenvalue weighted by Crippen LogP contribution is -2.50. The van der Waals surface area contributed by atoms with Crippen LogP contribution in [-0.2, 0) is 11.3 Å². The lowest BCUT2D eigenvalue weighted by molar-refractivity contribution is -0.135. The Balaban J connectivity index is 2.08. The SMILES string of the molecule is CC(C)C(C(=O)NO)N1CCN(Cc2ccc(O)cc2)C1=O. The van der Waals surface area contributed by atoms with Gasteiger partial charge in [0.05, 0.1) is 0 Å². The van der Waals surface area contributed by atoms with Gasteiger partial charge >= 0.3 is 6.03 Å². The molecule has 0 radical (unpaired) electrons. The zero-order valence-corrected chi connectivity index (χ0v) is 12.7. The molecule has 0 aliphatic carbocycles. The Morgan fingerprint density at radius 2 is 1.91 bits per heavy atom. The number of hydrogen-bond acceptors (Lipinski definition) is 4. The van der Waals surface area contributed by atoms with E-state index in [1.807, 2.05) is 13.8 Å². The van der Waals surface area contributed by atoms with E-state index in [1.165, 1.54) is 4.90 Å². The Morgan fingerprint density at radius 3 is 2.45 bits per heavy atom. The van der Waals surface area contributed by atoms with Gasteiger partial charge < -0.3 is 14.9 Å². The van der Waals surface area contributed by atoms with Gasteiger partial charge in [-0.1, -0.05) is 26.0 Å². The van der Waals surface area contributed by atoms with E-state index in [1.54, 1.807) is 34.6 Å². The molecule has 1 aliphatic rings. The number of nitrogens with zero attached hydrogens (tertiary/aromatic N) is 2. The monoisotopic (exact) mass is 307 g/mol. The van der Waals surface area contributed by atoms with Gasteiger partial charge in [0.15, 0.2) is 0 Å². The number of phenols is 1. The normalized spacial score (nSPS) is 16.3. The Bertz CT molecular complexity index is 544. The zero-order chi connectivity index (χ0) is 16.3. The number of carbonyl (C=O) groups is 2. The molecule has 1 fully saturated rings. The van der Waals surface area contributed by atoms with E-state index >= 15 is 0 Å². The van der Waals surface area contributed by atoms with Crippen LogP contribution in [0.4, 0.5) is 4.79 Å². The summed E-state index contributed by atoms with van der Waals surface area (Å²) in [4.78, 5) is 27.4. The highest BCUT2D eigenvalue weighted by Crippen LogP contribution is 2.21. The van der Waals surface area contributed by atoms with E-state index in [0.29, 0.717) is 19.6 Å². The average Bonchev–Trinajstić information content (AvgIpc) is 2.83. The Morgan fingerprint density at radius 1 is 1.27 bits per heavy atom. The number of rotatable bonds is 5. The first-order valence-corrected chi connectivity index (χ1v) is 7.21. The molecule has 7 nitrogen and oxygen atoms in total. The van der Waals surface area contributed by atoms with Gasteiger partial charge in [-0.05, 0) is 23.6 Å². The van der Waals surface area contributed by atoms with Crippen LogP contribution >= 0.6 is 0 Å². The minimum absolute atomic E-state index is 0.107. The smallest absolute Gasteiger partial charge is 0.321 e. The Labute approximate surface area is 129 Å². The number of urea groups is 1. The van der Waals surface area contributed by atoms with E-state index < -0.39 is 11.9 Å². The Kier molecular flexibility index (Phi) is 4.87. The van der Waals surface area contributed by atoms with Crippen LogP contribution in [0.1, 0.15) is 19.4 Å². The van der Waals surface area contributed by atoms with Crippen molar-refractivity contribution in [3.05, 3.63) is 29.8 Å². The quantitative estimate of drug-likeness (QED) is 0.562. The molecule has 0 aromatic heterocycles. The van der Waals surface area contributed by atoms with Crippen molar-refractivity contribution in [2.45, 2.75) is 26.4 Å². The van der Waals surface area contributed by atoms with Crippen molar-refractivity contribution >= 4 is 11.9 Å². The summed E-state index contributed by atoms with van der Waals surface area (Å²) in [5.41, 5.74) is 2.54. The molecule has 1 aliphatic heterocycles. The van der Waals surface area contributed by atoms with Gasteiger partial charge in [0.1, 0.15) is 11.8 Å². The van der Waals surface area contributed by atoms with Crippen LogP contribution in [0.15, 0.2) is 24.3 Å². The zero-order valence-electron chi connectivity index (χ0n) is 12.7. The van der Waals surface area contributed by atoms with Crippen LogP contribution in [0.5, 0.6) is 5.75 Å². The molecule has 1 saturated heterocycles. The number of hydrogen-bond donors (Lipinski definition) is 3. The molecule has 1 unspecified atom stereocenters. The van der Waals surface area contributed by atoms with Gasteiger partial charge in [0.2, 0.25) is 0 Å². The highest BCUT2D eigenvalue weighted by molar-refractivity contribution is 5.87. The van der Waals surface area contributed by atoms with Gasteiger partial charge in [0.25, 0.3) is 5.91 Å². The van der Waals surface area contributed by atoms with Crippen LogP contribution in [0.3, 0.4) is 0 Å². The molecule has 120 valence electrons. The molecular formula is C15H21N3O4. The van der Waals surface area contributed by atoms with Gasteiger partial charge in [-0.25, -0.2) is 10.3 Å². The minimum Gasteiger partial charge on any atom is -0.508 e. The number of benzene rings is 1. The number of carbonyl (C=O) groups excluding carboxylic acids is 2. The molecule has 7 heteroatoms.